The highest BCUT2D eigenvalue weighted by atomic mass is 127. The summed E-state index contributed by atoms with van der Waals surface area (Å²) >= 11 is 0. The number of sulfonamides is 1. The third kappa shape index (κ3) is 11.0. The van der Waals surface area contributed by atoms with Gasteiger partial charge in [-0.15, -0.1) is 24.0 Å². The van der Waals surface area contributed by atoms with Crippen molar-refractivity contribution in [1.82, 2.24) is 10.0 Å². The molecule has 8 heteroatoms. The molecule has 0 aliphatic carbocycles. The topological polar surface area (TPSA) is 96.6 Å². The van der Waals surface area contributed by atoms with Crippen molar-refractivity contribution in [2.45, 2.75) is 58.4 Å². The molecule has 0 fully saturated rings. The van der Waals surface area contributed by atoms with Crippen molar-refractivity contribution in [3.63, 3.8) is 0 Å². The lowest BCUT2D eigenvalue weighted by molar-refractivity contribution is 0.493. The molecular weight excluding hydrogens is 463 g/mol. The van der Waals surface area contributed by atoms with Crippen LogP contribution in [0.1, 0.15) is 51.2 Å². The molecule has 0 radical (unpaired) electrons. The SMILES string of the molecule is CNS(=O)(=O)Cc1ccc(CN=C(N)NC(C)CCCC(C)C)cc1.I. The van der Waals surface area contributed by atoms with Gasteiger partial charge in [0.15, 0.2) is 5.96 Å². The maximum atomic E-state index is 11.5. The van der Waals surface area contributed by atoms with E-state index >= 15 is 0 Å². The Morgan fingerprint density at radius 2 is 1.69 bits per heavy atom. The van der Waals surface area contributed by atoms with Gasteiger partial charge in [0.25, 0.3) is 0 Å². The third-order valence-electron chi connectivity index (χ3n) is 3.94. The smallest absolute Gasteiger partial charge is 0.215 e. The first-order valence-corrected chi connectivity index (χ1v) is 10.4. The Hall–Kier alpha value is -0.870. The molecule has 4 N–H and O–H groups in total. The fourth-order valence-corrected chi connectivity index (χ4v) is 3.19. The van der Waals surface area contributed by atoms with Gasteiger partial charge in [0.05, 0.1) is 12.3 Å². The summed E-state index contributed by atoms with van der Waals surface area (Å²) in [4.78, 5) is 4.35. The van der Waals surface area contributed by atoms with E-state index in [1.807, 2.05) is 12.1 Å². The normalized spacial score (nSPS) is 13.3. The number of benzene rings is 1. The van der Waals surface area contributed by atoms with E-state index in [0.717, 1.165) is 23.5 Å². The van der Waals surface area contributed by atoms with Crippen molar-refractivity contribution in [3.05, 3.63) is 35.4 Å². The van der Waals surface area contributed by atoms with E-state index in [-0.39, 0.29) is 29.7 Å². The molecule has 0 aliphatic heterocycles. The maximum Gasteiger partial charge on any atom is 0.215 e. The Morgan fingerprint density at radius 3 is 2.23 bits per heavy atom. The minimum Gasteiger partial charge on any atom is -0.370 e. The zero-order chi connectivity index (χ0) is 18.9. The molecule has 1 unspecified atom stereocenters. The van der Waals surface area contributed by atoms with E-state index in [4.69, 9.17) is 5.73 Å². The molecule has 0 spiro atoms. The zero-order valence-electron chi connectivity index (χ0n) is 16.2. The summed E-state index contributed by atoms with van der Waals surface area (Å²) in [6.45, 7) is 7.04. The second-order valence-corrected chi connectivity index (χ2v) is 8.78. The van der Waals surface area contributed by atoms with Gasteiger partial charge in [-0.2, -0.15) is 0 Å². The number of rotatable bonds is 10. The molecule has 0 bridgehead atoms. The number of aliphatic imine (C=N–C) groups is 1. The first kappa shape index (κ1) is 25.1. The Bertz CT molecular complexity index is 646. The minimum absolute atomic E-state index is 0. The van der Waals surface area contributed by atoms with E-state index < -0.39 is 10.0 Å². The quantitative estimate of drug-likeness (QED) is 0.264. The average molecular weight is 496 g/mol. The summed E-state index contributed by atoms with van der Waals surface area (Å²) < 4.78 is 25.4. The van der Waals surface area contributed by atoms with Gasteiger partial charge in [0.2, 0.25) is 10.0 Å². The summed E-state index contributed by atoms with van der Waals surface area (Å²) in [5.41, 5.74) is 7.67. The molecule has 150 valence electrons. The number of nitrogens with two attached hydrogens (primary N) is 1. The van der Waals surface area contributed by atoms with Crippen molar-refractivity contribution in [2.24, 2.45) is 16.6 Å². The van der Waals surface area contributed by atoms with Crippen molar-refractivity contribution in [3.8, 4) is 0 Å². The van der Waals surface area contributed by atoms with Crippen LogP contribution in [-0.2, 0) is 22.3 Å². The summed E-state index contributed by atoms with van der Waals surface area (Å²) in [5.74, 6) is 1.15. The first-order valence-electron chi connectivity index (χ1n) is 8.77. The van der Waals surface area contributed by atoms with Gasteiger partial charge in [-0.25, -0.2) is 18.1 Å². The second-order valence-electron chi connectivity index (χ2n) is 6.85. The van der Waals surface area contributed by atoms with Crippen molar-refractivity contribution in [1.29, 1.82) is 0 Å². The molecule has 6 nitrogen and oxygen atoms in total. The van der Waals surface area contributed by atoms with Gasteiger partial charge in [0.1, 0.15) is 0 Å². The Kier molecular flexibility index (Phi) is 12.1. The van der Waals surface area contributed by atoms with Crippen molar-refractivity contribution >= 4 is 40.0 Å². The lowest BCUT2D eigenvalue weighted by Gasteiger charge is -2.15. The summed E-state index contributed by atoms with van der Waals surface area (Å²) in [7, 11) is -1.83. The molecular formula is C18H33IN4O2S. The van der Waals surface area contributed by atoms with Crippen LogP contribution in [0, 0.1) is 5.92 Å². The molecule has 1 aromatic rings. The van der Waals surface area contributed by atoms with Crippen LogP contribution >= 0.6 is 24.0 Å². The first-order chi connectivity index (χ1) is 11.7. The van der Waals surface area contributed by atoms with Gasteiger partial charge in [-0.05, 0) is 37.4 Å². The van der Waals surface area contributed by atoms with Gasteiger partial charge < -0.3 is 11.1 Å². The lowest BCUT2D eigenvalue weighted by Crippen LogP contribution is -2.38. The highest BCUT2D eigenvalue weighted by molar-refractivity contribution is 14.0. The Balaban J connectivity index is 0.00000625. The highest BCUT2D eigenvalue weighted by Gasteiger charge is 2.08. The number of halogens is 1. The summed E-state index contributed by atoms with van der Waals surface area (Å²) in [6.07, 6.45) is 3.47. The standard InChI is InChI=1S/C18H32N4O2S.HI/c1-14(2)6-5-7-15(3)22-18(19)21-12-16-8-10-17(11-9-16)13-25(23,24)20-4;/h8-11,14-15,20H,5-7,12-13H2,1-4H3,(H3,19,21,22);1H. The van der Waals surface area contributed by atoms with E-state index in [1.165, 1.54) is 19.9 Å². The molecule has 0 aliphatic rings. The van der Waals surface area contributed by atoms with Crippen LogP contribution in [0.3, 0.4) is 0 Å². The molecule has 1 rings (SSSR count). The van der Waals surface area contributed by atoms with E-state index in [0.29, 0.717) is 18.5 Å². The summed E-state index contributed by atoms with van der Waals surface area (Å²) in [6, 6.07) is 7.67. The summed E-state index contributed by atoms with van der Waals surface area (Å²) in [5, 5.41) is 3.21. The van der Waals surface area contributed by atoms with Crippen molar-refractivity contribution in [2.75, 3.05) is 7.05 Å². The van der Waals surface area contributed by atoms with Gasteiger partial charge in [-0.3, -0.25) is 0 Å². The number of hydrogen-bond donors (Lipinski definition) is 3. The number of guanidine groups is 1. The predicted octanol–water partition coefficient (Wildman–Crippen LogP) is 2.97. The molecule has 0 heterocycles. The predicted molar refractivity (Wildman–Crippen MR) is 120 cm³/mol. The fraction of sp³-hybridized carbons (Fsp3) is 0.611. The van der Waals surface area contributed by atoms with Crippen LogP contribution in [0.2, 0.25) is 0 Å². The fourth-order valence-electron chi connectivity index (χ4n) is 2.41. The highest BCUT2D eigenvalue weighted by Crippen LogP contribution is 2.09. The molecule has 0 saturated heterocycles. The Morgan fingerprint density at radius 1 is 1.12 bits per heavy atom. The molecule has 26 heavy (non-hydrogen) atoms. The molecule has 0 amide bonds. The van der Waals surface area contributed by atoms with Gasteiger partial charge in [0, 0.05) is 6.04 Å². The van der Waals surface area contributed by atoms with Crippen LogP contribution in [0.5, 0.6) is 0 Å². The number of nitrogens with zero attached hydrogens (tertiary/aromatic N) is 1. The van der Waals surface area contributed by atoms with E-state index in [2.05, 4.69) is 35.8 Å². The molecule has 1 atom stereocenters. The average Bonchev–Trinajstić information content (AvgIpc) is 2.53. The van der Waals surface area contributed by atoms with E-state index in [1.54, 1.807) is 12.1 Å². The van der Waals surface area contributed by atoms with Gasteiger partial charge in [-0.1, -0.05) is 51.0 Å². The number of hydrogen-bond acceptors (Lipinski definition) is 3. The van der Waals surface area contributed by atoms with E-state index in [9.17, 15) is 8.42 Å². The maximum absolute atomic E-state index is 11.5. The molecule has 0 saturated carbocycles. The van der Waals surface area contributed by atoms with Crippen LogP contribution in [0.25, 0.3) is 0 Å². The molecule has 1 aromatic carbocycles. The van der Waals surface area contributed by atoms with Crippen LogP contribution < -0.4 is 15.8 Å². The van der Waals surface area contributed by atoms with Crippen molar-refractivity contribution < 1.29 is 8.42 Å². The second kappa shape index (κ2) is 12.5. The van der Waals surface area contributed by atoms with Crippen LogP contribution in [0.4, 0.5) is 0 Å². The lowest BCUT2D eigenvalue weighted by atomic mass is 10.0. The van der Waals surface area contributed by atoms with Crippen LogP contribution in [-0.4, -0.2) is 27.5 Å². The third-order valence-corrected chi connectivity index (χ3v) is 5.27. The van der Waals surface area contributed by atoms with Gasteiger partial charge >= 0.3 is 0 Å². The molecule has 0 aromatic heterocycles. The minimum atomic E-state index is -3.25. The largest absolute Gasteiger partial charge is 0.370 e. The zero-order valence-corrected chi connectivity index (χ0v) is 19.3. The monoisotopic (exact) mass is 496 g/mol. The number of nitrogens with one attached hydrogen (secondary N) is 2. The Labute approximate surface area is 175 Å². The van der Waals surface area contributed by atoms with Crippen LogP contribution in [0.15, 0.2) is 29.3 Å².